The normalized spacial score (nSPS) is 11.0. The molecule has 5 nitrogen and oxygen atoms in total. The van der Waals surface area contributed by atoms with E-state index in [1.165, 1.54) is 6.07 Å². The lowest BCUT2D eigenvalue weighted by Crippen LogP contribution is -2.42. The van der Waals surface area contributed by atoms with Crippen LogP contribution in [0.25, 0.3) is 0 Å². The minimum atomic E-state index is -1.35. The summed E-state index contributed by atoms with van der Waals surface area (Å²) in [5, 5.41) is 0. The quantitative estimate of drug-likeness (QED) is 0.196. The monoisotopic (exact) mass is 348 g/mol. The van der Waals surface area contributed by atoms with Crippen molar-refractivity contribution in [3.05, 3.63) is 29.8 Å². The number of carbonyl (C=O) groups excluding carboxylic acids is 3. The van der Waals surface area contributed by atoms with Crippen LogP contribution >= 0.6 is 0 Å². The molecule has 25 heavy (non-hydrogen) atoms. The van der Waals surface area contributed by atoms with E-state index in [1.54, 1.807) is 32.0 Å². The minimum absolute atomic E-state index is 0.157. The molecule has 0 amide bonds. The summed E-state index contributed by atoms with van der Waals surface area (Å²) in [5.41, 5.74) is -1.08. The second-order valence-electron chi connectivity index (χ2n) is 6.03. The average Bonchev–Trinajstić information content (AvgIpc) is 2.63. The largest absolute Gasteiger partial charge is 0.465 e. The molecule has 0 radical (unpaired) electrons. The number of esters is 2. The molecule has 0 aliphatic heterocycles. The molecule has 0 unspecified atom stereocenters. The first kappa shape index (κ1) is 20.9. The van der Waals surface area contributed by atoms with Gasteiger partial charge in [0.1, 0.15) is 5.75 Å². The Bertz CT molecular complexity index is 575. The van der Waals surface area contributed by atoms with Gasteiger partial charge in [-0.1, -0.05) is 52.2 Å². The fourth-order valence-electron chi connectivity index (χ4n) is 2.61. The number of hydrogen-bond donors (Lipinski definition) is 0. The molecule has 0 N–H and O–H groups in total. The number of unbranched alkanes of at least 4 members (excludes halogenated alkanes) is 3. The van der Waals surface area contributed by atoms with Crippen molar-refractivity contribution in [2.24, 2.45) is 5.41 Å². The lowest BCUT2D eigenvalue weighted by atomic mass is 9.82. The van der Waals surface area contributed by atoms with Gasteiger partial charge >= 0.3 is 11.9 Å². The lowest BCUT2D eigenvalue weighted by molar-refractivity contribution is -0.168. The van der Waals surface area contributed by atoms with Crippen LogP contribution in [0.4, 0.5) is 0 Å². The molecule has 1 rings (SSSR count). The highest BCUT2D eigenvalue weighted by atomic mass is 16.6. The van der Waals surface area contributed by atoms with Crippen molar-refractivity contribution < 1.29 is 23.9 Å². The van der Waals surface area contributed by atoms with E-state index in [1.807, 2.05) is 0 Å². The molecule has 0 bridgehead atoms. The molecule has 1 aromatic rings. The summed E-state index contributed by atoms with van der Waals surface area (Å²) in [6.07, 6.45) is 5.14. The van der Waals surface area contributed by atoms with Gasteiger partial charge in [-0.2, -0.15) is 0 Å². The summed E-state index contributed by atoms with van der Waals surface area (Å²) in [5.74, 6) is -1.07. The van der Waals surface area contributed by atoms with Gasteiger partial charge in [0.2, 0.25) is 0 Å². The first-order valence-electron chi connectivity index (χ1n) is 8.99. The van der Waals surface area contributed by atoms with Crippen molar-refractivity contribution in [1.29, 1.82) is 0 Å². The van der Waals surface area contributed by atoms with Crippen LogP contribution in [-0.2, 0) is 14.3 Å². The van der Waals surface area contributed by atoms with E-state index in [4.69, 9.17) is 9.47 Å². The van der Waals surface area contributed by atoms with E-state index in [0.29, 0.717) is 12.9 Å². The van der Waals surface area contributed by atoms with E-state index in [0.717, 1.165) is 25.7 Å². The summed E-state index contributed by atoms with van der Waals surface area (Å²) < 4.78 is 10.7. The fourth-order valence-corrected chi connectivity index (χ4v) is 2.61. The third-order valence-corrected chi connectivity index (χ3v) is 4.47. The molecule has 0 heterocycles. The Kier molecular flexibility index (Phi) is 8.89. The molecule has 0 aliphatic rings. The molecule has 0 saturated carbocycles. The van der Waals surface area contributed by atoms with Crippen LogP contribution in [0.15, 0.2) is 24.3 Å². The highest BCUT2D eigenvalue weighted by Crippen LogP contribution is 2.31. The second-order valence-corrected chi connectivity index (χ2v) is 6.03. The third-order valence-electron chi connectivity index (χ3n) is 4.47. The molecule has 0 aliphatic carbocycles. The smallest absolute Gasteiger partial charge is 0.328 e. The van der Waals surface area contributed by atoms with Gasteiger partial charge in [0.15, 0.2) is 11.7 Å². The molecule has 0 fully saturated rings. The zero-order valence-electron chi connectivity index (χ0n) is 15.4. The number of rotatable bonds is 11. The molecular formula is C20H28O5. The Labute approximate surface area is 149 Å². The Hall–Kier alpha value is -2.17. The first-order valence-corrected chi connectivity index (χ1v) is 8.99. The third kappa shape index (κ3) is 5.41. The summed E-state index contributed by atoms with van der Waals surface area (Å²) >= 11 is 0. The number of carbonyl (C=O) groups is 3. The molecule has 1 aromatic carbocycles. The van der Waals surface area contributed by atoms with Crippen LogP contribution in [-0.4, -0.2) is 24.8 Å². The van der Waals surface area contributed by atoms with Crippen molar-refractivity contribution in [3.8, 4) is 5.75 Å². The van der Waals surface area contributed by atoms with Crippen molar-refractivity contribution in [2.45, 2.75) is 59.3 Å². The number of aldehydes is 1. The Balaban J connectivity index is 2.83. The number of benzene rings is 1. The molecule has 0 aromatic heterocycles. The SMILES string of the molecule is CCCCCCOC(=O)C(CC)(CC)C(=O)Oc1ccccc1C=O. The summed E-state index contributed by atoms with van der Waals surface area (Å²) in [6.45, 7) is 5.93. The van der Waals surface area contributed by atoms with E-state index >= 15 is 0 Å². The standard InChI is InChI=1S/C20H28O5/c1-4-7-8-11-14-24-18(22)20(5-2,6-3)19(23)25-17-13-10-9-12-16(17)15-21/h9-10,12-13,15H,4-8,11,14H2,1-3H3. The summed E-state index contributed by atoms with van der Waals surface area (Å²) in [4.78, 5) is 36.3. The van der Waals surface area contributed by atoms with Gasteiger partial charge < -0.3 is 9.47 Å². The van der Waals surface area contributed by atoms with Crippen molar-refractivity contribution in [1.82, 2.24) is 0 Å². The van der Waals surface area contributed by atoms with E-state index in [9.17, 15) is 14.4 Å². The molecule has 5 heteroatoms. The topological polar surface area (TPSA) is 69.7 Å². The Morgan fingerprint density at radius 3 is 2.28 bits per heavy atom. The van der Waals surface area contributed by atoms with Crippen molar-refractivity contribution >= 4 is 18.2 Å². The van der Waals surface area contributed by atoms with Crippen molar-refractivity contribution in [2.75, 3.05) is 6.61 Å². The first-order chi connectivity index (χ1) is 12.1. The van der Waals surface area contributed by atoms with Gasteiger partial charge in [-0.3, -0.25) is 14.4 Å². The fraction of sp³-hybridized carbons (Fsp3) is 0.550. The zero-order valence-corrected chi connectivity index (χ0v) is 15.4. The lowest BCUT2D eigenvalue weighted by Gasteiger charge is -2.27. The van der Waals surface area contributed by atoms with Crippen LogP contribution in [0.3, 0.4) is 0 Å². The van der Waals surface area contributed by atoms with Gasteiger partial charge in [0.25, 0.3) is 0 Å². The zero-order chi connectivity index (χ0) is 18.7. The van der Waals surface area contributed by atoms with Gasteiger partial charge in [-0.25, -0.2) is 0 Å². The highest BCUT2D eigenvalue weighted by Gasteiger charge is 2.46. The Morgan fingerprint density at radius 1 is 1.00 bits per heavy atom. The number of hydrogen-bond acceptors (Lipinski definition) is 5. The van der Waals surface area contributed by atoms with E-state index in [2.05, 4.69) is 6.92 Å². The van der Waals surface area contributed by atoms with Gasteiger partial charge in [0, 0.05) is 0 Å². The minimum Gasteiger partial charge on any atom is -0.465 e. The average molecular weight is 348 g/mol. The predicted molar refractivity (Wildman–Crippen MR) is 95.6 cm³/mol. The highest BCUT2D eigenvalue weighted by molar-refractivity contribution is 6.01. The number of ether oxygens (including phenoxy) is 2. The number of para-hydroxylation sites is 1. The maximum atomic E-state index is 12.7. The van der Waals surface area contributed by atoms with E-state index < -0.39 is 17.4 Å². The molecule has 0 saturated heterocycles. The van der Waals surface area contributed by atoms with Crippen molar-refractivity contribution in [3.63, 3.8) is 0 Å². The summed E-state index contributed by atoms with van der Waals surface area (Å²) in [6, 6.07) is 6.44. The summed E-state index contributed by atoms with van der Waals surface area (Å²) in [7, 11) is 0. The van der Waals surface area contributed by atoms with Crippen LogP contribution in [0.2, 0.25) is 0 Å². The molecular weight excluding hydrogens is 320 g/mol. The van der Waals surface area contributed by atoms with Crippen LogP contribution in [0.1, 0.15) is 69.7 Å². The molecule has 0 spiro atoms. The van der Waals surface area contributed by atoms with Gasteiger partial charge in [-0.05, 0) is 31.4 Å². The maximum Gasteiger partial charge on any atom is 0.328 e. The van der Waals surface area contributed by atoms with Gasteiger partial charge in [0.05, 0.1) is 12.2 Å². The van der Waals surface area contributed by atoms with Crippen LogP contribution in [0.5, 0.6) is 5.75 Å². The second kappa shape index (κ2) is 10.6. The Morgan fingerprint density at radius 2 is 1.68 bits per heavy atom. The predicted octanol–water partition coefficient (Wildman–Crippen LogP) is 4.33. The van der Waals surface area contributed by atoms with Crippen LogP contribution < -0.4 is 4.74 Å². The van der Waals surface area contributed by atoms with Crippen LogP contribution in [0, 0.1) is 5.41 Å². The van der Waals surface area contributed by atoms with E-state index in [-0.39, 0.29) is 24.2 Å². The maximum absolute atomic E-state index is 12.7. The van der Waals surface area contributed by atoms with Gasteiger partial charge in [-0.15, -0.1) is 0 Å². The molecule has 0 atom stereocenters. The molecule has 138 valence electrons.